The number of hydrogen-bond donors (Lipinski definition) is 0. The van der Waals surface area contributed by atoms with Crippen LogP contribution >= 0.6 is 15.9 Å². The van der Waals surface area contributed by atoms with Gasteiger partial charge in [-0.25, -0.2) is 0 Å². The second-order valence-corrected chi connectivity index (χ2v) is 6.88. The van der Waals surface area contributed by atoms with Gasteiger partial charge in [0.05, 0.1) is 0 Å². The van der Waals surface area contributed by atoms with E-state index in [4.69, 9.17) is 4.43 Å². The van der Waals surface area contributed by atoms with Crippen LogP contribution in [-0.4, -0.2) is 15.6 Å². The van der Waals surface area contributed by atoms with E-state index in [1.165, 1.54) is 24.1 Å². The highest BCUT2D eigenvalue weighted by Crippen LogP contribution is 2.12. The first-order valence-corrected chi connectivity index (χ1v) is 7.39. The predicted octanol–water partition coefficient (Wildman–Crippen LogP) is 2.19. The molecule has 1 fully saturated rings. The van der Waals surface area contributed by atoms with Gasteiger partial charge in [-0.2, -0.15) is 0 Å². The van der Waals surface area contributed by atoms with Gasteiger partial charge in [0.2, 0.25) is 9.04 Å². The highest BCUT2D eigenvalue weighted by molar-refractivity contribution is 9.10. The maximum absolute atomic E-state index is 5.83. The van der Waals surface area contributed by atoms with Crippen LogP contribution < -0.4 is 5.19 Å². The number of rotatable bonds is 1. The van der Waals surface area contributed by atoms with Crippen LogP contribution in [0.5, 0.6) is 0 Å². The highest BCUT2D eigenvalue weighted by Gasteiger charge is 2.17. The smallest absolute Gasteiger partial charge is 0.208 e. The zero-order valence-electron chi connectivity index (χ0n) is 7.50. The quantitative estimate of drug-likeness (QED) is 0.701. The number of benzene rings is 1. The van der Waals surface area contributed by atoms with Crippen LogP contribution in [0.2, 0.25) is 6.04 Å². The van der Waals surface area contributed by atoms with Gasteiger partial charge in [-0.05, 0) is 29.8 Å². The van der Waals surface area contributed by atoms with Crippen molar-refractivity contribution in [3.8, 4) is 0 Å². The van der Waals surface area contributed by atoms with Crippen LogP contribution in [0, 0.1) is 0 Å². The third kappa shape index (κ3) is 2.42. The molecule has 0 radical (unpaired) electrons. The van der Waals surface area contributed by atoms with Gasteiger partial charge in [-0.15, -0.1) is 0 Å². The Balaban J connectivity index is 2.10. The van der Waals surface area contributed by atoms with Crippen molar-refractivity contribution in [1.82, 2.24) is 0 Å². The van der Waals surface area contributed by atoms with Crippen molar-refractivity contribution in [2.45, 2.75) is 18.9 Å². The molecule has 0 saturated carbocycles. The largest absolute Gasteiger partial charge is 0.415 e. The summed E-state index contributed by atoms with van der Waals surface area (Å²) in [6.45, 7) is 0.979. The molecule has 1 aromatic carbocycles. The topological polar surface area (TPSA) is 9.23 Å². The Morgan fingerprint density at radius 3 is 2.54 bits per heavy atom. The Labute approximate surface area is 89.0 Å². The van der Waals surface area contributed by atoms with Gasteiger partial charge < -0.3 is 4.43 Å². The fourth-order valence-corrected chi connectivity index (χ4v) is 4.37. The zero-order valence-corrected chi connectivity index (χ0v) is 10.2. The van der Waals surface area contributed by atoms with Gasteiger partial charge in [-0.3, -0.25) is 0 Å². The van der Waals surface area contributed by atoms with E-state index in [1.54, 1.807) is 0 Å². The molecular weight excluding hydrogens is 244 g/mol. The maximum Gasteiger partial charge on any atom is 0.208 e. The lowest BCUT2D eigenvalue weighted by molar-refractivity contribution is 0.294. The molecule has 13 heavy (non-hydrogen) atoms. The predicted molar refractivity (Wildman–Crippen MR) is 60.9 cm³/mol. The van der Waals surface area contributed by atoms with Crippen LogP contribution in [0.4, 0.5) is 0 Å². The minimum Gasteiger partial charge on any atom is -0.415 e. The SMILES string of the molecule is Brc1ccc([SiH]2CCCCO2)cc1. The molecule has 1 nitrogen and oxygen atoms in total. The van der Waals surface area contributed by atoms with Crippen molar-refractivity contribution < 1.29 is 4.43 Å². The Bertz CT molecular complexity index is 267. The molecule has 1 unspecified atom stereocenters. The van der Waals surface area contributed by atoms with Crippen molar-refractivity contribution in [2.75, 3.05) is 6.61 Å². The Kier molecular flexibility index (Phi) is 3.19. The van der Waals surface area contributed by atoms with Gasteiger partial charge in [0.25, 0.3) is 0 Å². The number of halogens is 1. The molecule has 0 aliphatic carbocycles. The van der Waals surface area contributed by atoms with E-state index in [1.807, 2.05) is 0 Å². The molecular formula is C10H13BrOSi. The fourth-order valence-electron chi connectivity index (χ4n) is 1.68. The maximum atomic E-state index is 5.83. The molecule has 0 bridgehead atoms. The van der Waals surface area contributed by atoms with Crippen LogP contribution in [0.1, 0.15) is 12.8 Å². The van der Waals surface area contributed by atoms with E-state index >= 15 is 0 Å². The molecule has 1 saturated heterocycles. The van der Waals surface area contributed by atoms with E-state index in [0.717, 1.165) is 11.1 Å². The first-order chi connectivity index (χ1) is 6.36. The van der Waals surface area contributed by atoms with Gasteiger partial charge in [0.15, 0.2) is 0 Å². The molecule has 1 atom stereocenters. The van der Waals surface area contributed by atoms with Gasteiger partial charge in [-0.1, -0.05) is 34.5 Å². The lowest BCUT2D eigenvalue weighted by Gasteiger charge is -2.21. The lowest BCUT2D eigenvalue weighted by atomic mass is 10.3. The third-order valence-electron chi connectivity index (χ3n) is 2.42. The van der Waals surface area contributed by atoms with Crippen LogP contribution in [-0.2, 0) is 4.43 Å². The standard InChI is InChI=1S/C10H13BrOSi/c11-9-3-5-10(6-4-9)13-8-2-1-7-12-13/h3-6,13H,1-2,7-8H2. The molecule has 0 aromatic heterocycles. The summed E-state index contributed by atoms with van der Waals surface area (Å²) in [5.74, 6) is 0. The summed E-state index contributed by atoms with van der Waals surface area (Å²) in [4.78, 5) is 0. The second-order valence-electron chi connectivity index (χ2n) is 3.41. The molecule has 0 spiro atoms. The average Bonchev–Trinajstić information content (AvgIpc) is 2.20. The highest BCUT2D eigenvalue weighted by atomic mass is 79.9. The monoisotopic (exact) mass is 256 g/mol. The minimum atomic E-state index is -1.03. The van der Waals surface area contributed by atoms with Crippen LogP contribution in [0.3, 0.4) is 0 Å². The van der Waals surface area contributed by atoms with E-state index in [9.17, 15) is 0 Å². The summed E-state index contributed by atoms with van der Waals surface area (Å²) in [7, 11) is -1.03. The van der Waals surface area contributed by atoms with Crippen molar-refractivity contribution in [2.24, 2.45) is 0 Å². The Morgan fingerprint density at radius 1 is 1.15 bits per heavy atom. The second kappa shape index (κ2) is 4.40. The summed E-state index contributed by atoms with van der Waals surface area (Å²) in [5, 5.41) is 1.45. The van der Waals surface area contributed by atoms with Crippen molar-refractivity contribution in [1.29, 1.82) is 0 Å². The number of hydrogen-bond acceptors (Lipinski definition) is 1. The summed E-state index contributed by atoms with van der Waals surface area (Å²) in [6.07, 6.45) is 2.60. The third-order valence-corrected chi connectivity index (χ3v) is 5.65. The zero-order chi connectivity index (χ0) is 9.10. The van der Waals surface area contributed by atoms with E-state index in [2.05, 4.69) is 40.2 Å². The minimum absolute atomic E-state index is 0.979. The first-order valence-electron chi connectivity index (χ1n) is 4.73. The lowest BCUT2D eigenvalue weighted by Crippen LogP contribution is -2.36. The van der Waals surface area contributed by atoms with Crippen molar-refractivity contribution in [3.63, 3.8) is 0 Å². The van der Waals surface area contributed by atoms with E-state index < -0.39 is 9.04 Å². The summed E-state index contributed by atoms with van der Waals surface area (Å²) in [5.41, 5.74) is 0. The summed E-state index contributed by atoms with van der Waals surface area (Å²) in [6, 6.07) is 9.93. The molecule has 0 amide bonds. The van der Waals surface area contributed by atoms with E-state index in [0.29, 0.717) is 0 Å². The van der Waals surface area contributed by atoms with Gasteiger partial charge >= 0.3 is 0 Å². The normalized spacial score (nSPS) is 23.0. The van der Waals surface area contributed by atoms with Gasteiger partial charge in [0, 0.05) is 11.1 Å². The first kappa shape index (κ1) is 9.43. The van der Waals surface area contributed by atoms with Crippen molar-refractivity contribution in [3.05, 3.63) is 28.7 Å². The Morgan fingerprint density at radius 2 is 1.92 bits per heavy atom. The van der Waals surface area contributed by atoms with Crippen LogP contribution in [0.25, 0.3) is 0 Å². The molecule has 1 heterocycles. The summed E-state index contributed by atoms with van der Waals surface area (Å²) < 4.78 is 6.98. The van der Waals surface area contributed by atoms with E-state index in [-0.39, 0.29) is 0 Å². The molecule has 1 aliphatic rings. The van der Waals surface area contributed by atoms with Crippen LogP contribution in [0.15, 0.2) is 28.7 Å². The summed E-state index contributed by atoms with van der Waals surface area (Å²) >= 11 is 3.44. The fraction of sp³-hybridized carbons (Fsp3) is 0.400. The van der Waals surface area contributed by atoms with Crippen molar-refractivity contribution >= 4 is 30.2 Å². The average molecular weight is 257 g/mol. The molecule has 70 valence electrons. The van der Waals surface area contributed by atoms with Gasteiger partial charge in [0.1, 0.15) is 0 Å². The Hall–Kier alpha value is -0.123. The molecule has 2 rings (SSSR count). The molecule has 1 aromatic rings. The molecule has 0 N–H and O–H groups in total. The molecule has 3 heteroatoms. The molecule has 1 aliphatic heterocycles.